The lowest BCUT2D eigenvalue weighted by atomic mass is 10.0. The number of hydrogen-bond donors (Lipinski definition) is 1. The molecule has 0 spiro atoms. The van der Waals surface area contributed by atoms with E-state index in [-0.39, 0.29) is 5.56 Å². The molecule has 1 aromatic heterocycles. The number of tetrazole rings is 1. The topological polar surface area (TPSA) is 55.6 Å². The van der Waals surface area contributed by atoms with Crippen LogP contribution in [0, 0.1) is 11.6 Å². The SMILES string of the molecule is CNC(Cc1nnn(C)n1)c1cc(F)ccc1F. The summed E-state index contributed by atoms with van der Waals surface area (Å²) in [5.41, 5.74) is 0.255. The van der Waals surface area contributed by atoms with Gasteiger partial charge in [-0.25, -0.2) is 8.78 Å². The highest BCUT2D eigenvalue weighted by molar-refractivity contribution is 5.23. The summed E-state index contributed by atoms with van der Waals surface area (Å²) in [7, 11) is 3.32. The maximum atomic E-state index is 13.6. The smallest absolute Gasteiger partial charge is 0.176 e. The molecule has 1 aromatic carbocycles. The van der Waals surface area contributed by atoms with Crippen molar-refractivity contribution < 1.29 is 8.78 Å². The average Bonchev–Trinajstić information content (AvgIpc) is 2.75. The summed E-state index contributed by atoms with van der Waals surface area (Å²) in [6, 6.07) is 2.97. The minimum Gasteiger partial charge on any atom is -0.313 e. The molecule has 0 aliphatic heterocycles. The Morgan fingerprint density at radius 3 is 2.78 bits per heavy atom. The van der Waals surface area contributed by atoms with Gasteiger partial charge in [0, 0.05) is 18.0 Å². The van der Waals surface area contributed by atoms with E-state index in [1.54, 1.807) is 14.1 Å². The Morgan fingerprint density at radius 1 is 1.39 bits per heavy atom. The molecule has 1 heterocycles. The van der Waals surface area contributed by atoms with Crippen molar-refractivity contribution in [2.45, 2.75) is 12.5 Å². The second-order valence-corrected chi connectivity index (χ2v) is 3.91. The zero-order valence-corrected chi connectivity index (χ0v) is 10.1. The summed E-state index contributed by atoms with van der Waals surface area (Å²) in [5.74, 6) is -0.459. The Labute approximate surface area is 103 Å². The van der Waals surface area contributed by atoms with E-state index < -0.39 is 17.7 Å². The summed E-state index contributed by atoms with van der Waals surface area (Å²) in [4.78, 5) is 1.32. The number of nitrogens with one attached hydrogen (secondary N) is 1. The van der Waals surface area contributed by atoms with Crippen molar-refractivity contribution >= 4 is 0 Å². The molecule has 1 unspecified atom stereocenters. The molecule has 0 amide bonds. The van der Waals surface area contributed by atoms with Crippen LogP contribution in [0.3, 0.4) is 0 Å². The molecule has 1 N–H and O–H groups in total. The van der Waals surface area contributed by atoms with E-state index >= 15 is 0 Å². The van der Waals surface area contributed by atoms with Gasteiger partial charge >= 0.3 is 0 Å². The fourth-order valence-corrected chi connectivity index (χ4v) is 1.74. The zero-order valence-electron chi connectivity index (χ0n) is 10.1. The quantitative estimate of drug-likeness (QED) is 0.883. The van der Waals surface area contributed by atoms with E-state index in [1.165, 1.54) is 10.9 Å². The van der Waals surface area contributed by atoms with E-state index in [4.69, 9.17) is 0 Å². The molecule has 0 radical (unpaired) electrons. The van der Waals surface area contributed by atoms with Gasteiger partial charge in [0.25, 0.3) is 0 Å². The average molecular weight is 253 g/mol. The standard InChI is InChI=1S/C11H13F2N5/c1-14-10(6-11-15-17-18(2)16-11)8-5-7(12)3-4-9(8)13/h3-5,10,14H,6H2,1-2H3. The lowest BCUT2D eigenvalue weighted by Crippen LogP contribution is -2.21. The van der Waals surface area contributed by atoms with E-state index in [0.29, 0.717) is 12.2 Å². The van der Waals surface area contributed by atoms with Crippen LogP contribution in [0.2, 0.25) is 0 Å². The van der Waals surface area contributed by atoms with Crippen LogP contribution >= 0.6 is 0 Å². The molecule has 2 rings (SSSR count). The zero-order chi connectivity index (χ0) is 13.1. The fraction of sp³-hybridized carbons (Fsp3) is 0.364. The van der Waals surface area contributed by atoms with Gasteiger partial charge in [0.2, 0.25) is 0 Å². The Kier molecular flexibility index (Phi) is 3.61. The van der Waals surface area contributed by atoms with Crippen LogP contribution in [0.25, 0.3) is 0 Å². The number of rotatable bonds is 4. The molecule has 0 aliphatic carbocycles. The monoisotopic (exact) mass is 253 g/mol. The third-order valence-corrected chi connectivity index (χ3v) is 2.62. The van der Waals surface area contributed by atoms with Crippen LogP contribution in [0.5, 0.6) is 0 Å². The Hall–Kier alpha value is -1.89. The molecule has 7 heteroatoms. The summed E-state index contributed by atoms with van der Waals surface area (Å²) in [5, 5.41) is 14.5. The maximum absolute atomic E-state index is 13.6. The van der Waals surface area contributed by atoms with Gasteiger partial charge in [-0.3, -0.25) is 0 Å². The van der Waals surface area contributed by atoms with Crippen LogP contribution in [0.1, 0.15) is 17.4 Å². The molecule has 0 saturated carbocycles. The molecule has 2 aromatic rings. The molecule has 0 bridgehead atoms. The fourth-order valence-electron chi connectivity index (χ4n) is 1.74. The lowest BCUT2D eigenvalue weighted by molar-refractivity contribution is 0.514. The first-order valence-corrected chi connectivity index (χ1v) is 5.45. The minimum atomic E-state index is -0.473. The van der Waals surface area contributed by atoms with Crippen molar-refractivity contribution in [1.29, 1.82) is 0 Å². The molecule has 0 aliphatic rings. The van der Waals surface area contributed by atoms with Gasteiger partial charge in [0.05, 0.1) is 7.05 Å². The van der Waals surface area contributed by atoms with Crippen LogP contribution < -0.4 is 5.32 Å². The van der Waals surface area contributed by atoms with Gasteiger partial charge in [-0.2, -0.15) is 4.80 Å². The summed E-state index contributed by atoms with van der Waals surface area (Å²) in [6.07, 6.45) is 0.338. The van der Waals surface area contributed by atoms with Crippen molar-refractivity contribution in [3.63, 3.8) is 0 Å². The molecule has 5 nitrogen and oxygen atoms in total. The highest BCUT2D eigenvalue weighted by Gasteiger charge is 2.17. The van der Waals surface area contributed by atoms with Gasteiger partial charge in [0.1, 0.15) is 11.6 Å². The predicted molar refractivity (Wildman–Crippen MR) is 60.7 cm³/mol. The van der Waals surface area contributed by atoms with Crippen LogP contribution in [0.15, 0.2) is 18.2 Å². The van der Waals surface area contributed by atoms with Crippen LogP contribution in [0.4, 0.5) is 8.78 Å². The highest BCUT2D eigenvalue weighted by Crippen LogP contribution is 2.20. The second kappa shape index (κ2) is 5.18. The van der Waals surface area contributed by atoms with E-state index in [2.05, 4.69) is 20.7 Å². The molecule has 0 fully saturated rings. The molecule has 0 saturated heterocycles. The first-order valence-electron chi connectivity index (χ1n) is 5.45. The van der Waals surface area contributed by atoms with Gasteiger partial charge in [0.15, 0.2) is 5.82 Å². The molecular weight excluding hydrogens is 240 g/mol. The third kappa shape index (κ3) is 2.67. The number of benzene rings is 1. The summed E-state index contributed by atoms with van der Waals surface area (Å²) < 4.78 is 26.8. The van der Waals surface area contributed by atoms with Crippen molar-refractivity contribution in [3.8, 4) is 0 Å². The van der Waals surface area contributed by atoms with Crippen molar-refractivity contribution in [1.82, 2.24) is 25.5 Å². The van der Waals surface area contributed by atoms with E-state index in [9.17, 15) is 8.78 Å². The van der Waals surface area contributed by atoms with E-state index in [0.717, 1.165) is 12.1 Å². The van der Waals surface area contributed by atoms with E-state index in [1.807, 2.05) is 0 Å². The first-order chi connectivity index (χ1) is 8.60. The summed E-state index contributed by atoms with van der Waals surface area (Å²) >= 11 is 0. The van der Waals surface area contributed by atoms with Crippen molar-refractivity contribution in [3.05, 3.63) is 41.2 Å². The molecule has 96 valence electrons. The number of likely N-dealkylation sites (N-methyl/N-ethyl adjacent to an activating group) is 1. The largest absolute Gasteiger partial charge is 0.313 e. The number of nitrogens with zero attached hydrogens (tertiary/aromatic N) is 4. The molecule has 18 heavy (non-hydrogen) atoms. The number of aryl methyl sites for hydroxylation is 1. The third-order valence-electron chi connectivity index (χ3n) is 2.62. The second-order valence-electron chi connectivity index (χ2n) is 3.91. The lowest BCUT2D eigenvalue weighted by Gasteiger charge is -2.15. The number of aromatic nitrogens is 4. The van der Waals surface area contributed by atoms with Crippen LogP contribution in [-0.4, -0.2) is 27.3 Å². The van der Waals surface area contributed by atoms with Crippen LogP contribution in [-0.2, 0) is 13.5 Å². The van der Waals surface area contributed by atoms with Gasteiger partial charge in [-0.1, -0.05) is 0 Å². The summed E-state index contributed by atoms with van der Waals surface area (Å²) in [6.45, 7) is 0. The number of hydrogen-bond acceptors (Lipinski definition) is 4. The maximum Gasteiger partial charge on any atom is 0.176 e. The van der Waals surface area contributed by atoms with Gasteiger partial charge in [-0.05, 0) is 30.5 Å². The normalized spacial score (nSPS) is 12.7. The van der Waals surface area contributed by atoms with Gasteiger partial charge < -0.3 is 5.32 Å². The van der Waals surface area contributed by atoms with Gasteiger partial charge in [-0.15, -0.1) is 10.2 Å². The molecule has 1 atom stereocenters. The van der Waals surface area contributed by atoms with Crippen molar-refractivity contribution in [2.24, 2.45) is 7.05 Å². The van der Waals surface area contributed by atoms with Crippen molar-refractivity contribution in [2.75, 3.05) is 7.05 Å². The molecular formula is C11H13F2N5. The minimum absolute atomic E-state index is 0.255. The number of halogens is 2. The first kappa shape index (κ1) is 12.6. The Bertz CT molecular complexity index is 540. The highest BCUT2D eigenvalue weighted by atomic mass is 19.1. The Morgan fingerprint density at radius 2 is 2.17 bits per heavy atom. The predicted octanol–water partition coefficient (Wildman–Crippen LogP) is 0.991. The Balaban J connectivity index is 2.25.